The summed E-state index contributed by atoms with van der Waals surface area (Å²) in [6.45, 7) is 9.14. The zero-order valence-corrected chi connectivity index (χ0v) is 10.3. The third-order valence-electron chi connectivity index (χ3n) is 3.18. The van der Waals surface area contributed by atoms with Crippen molar-refractivity contribution < 1.29 is 4.79 Å². The Labute approximate surface area is 95.8 Å². The molecule has 0 spiro atoms. The van der Waals surface area contributed by atoms with Crippen LogP contribution in [0, 0.1) is 11.3 Å². The van der Waals surface area contributed by atoms with Gasteiger partial charge in [-0.15, -0.1) is 0 Å². The van der Waals surface area contributed by atoms with Gasteiger partial charge < -0.3 is 11.1 Å². The van der Waals surface area contributed by atoms with Crippen molar-refractivity contribution in [1.82, 2.24) is 15.5 Å². The molecule has 1 aromatic heterocycles. The summed E-state index contributed by atoms with van der Waals surface area (Å²) >= 11 is 0. The summed E-state index contributed by atoms with van der Waals surface area (Å²) in [5.74, 6) is 0.620. The molecule has 0 aromatic carbocycles. The molecule has 0 fully saturated rings. The molecule has 1 aromatic rings. The Bertz CT molecular complexity index is 368. The standard InChI is InChI=1S/C11H20N4O/c1-7(2)11(3,4)6-13-10(16)8-5-14-15-9(8)12/h5,7H,6H2,1-4H3,(H,13,16)(H3,12,14,15). The molecule has 1 amide bonds. The number of hydrogen-bond donors (Lipinski definition) is 3. The lowest BCUT2D eigenvalue weighted by Gasteiger charge is -2.29. The van der Waals surface area contributed by atoms with E-state index in [1.165, 1.54) is 6.20 Å². The molecule has 0 atom stereocenters. The van der Waals surface area contributed by atoms with E-state index in [0.29, 0.717) is 23.8 Å². The summed E-state index contributed by atoms with van der Waals surface area (Å²) in [5.41, 5.74) is 6.03. The van der Waals surface area contributed by atoms with Gasteiger partial charge in [0.15, 0.2) is 0 Å². The minimum absolute atomic E-state index is 0.0636. The molecule has 0 bridgehead atoms. The van der Waals surface area contributed by atoms with Crippen molar-refractivity contribution in [2.75, 3.05) is 12.3 Å². The van der Waals surface area contributed by atoms with E-state index >= 15 is 0 Å². The molecule has 0 unspecified atom stereocenters. The number of amides is 1. The fourth-order valence-corrected chi connectivity index (χ4v) is 1.08. The van der Waals surface area contributed by atoms with Gasteiger partial charge in [0.25, 0.3) is 5.91 Å². The van der Waals surface area contributed by atoms with Crippen LogP contribution in [0.25, 0.3) is 0 Å². The second-order valence-electron chi connectivity index (χ2n) is 5.02. The molecule has 1 rings (SSSR count). The summed E-state index contributed by atoms with van der Waals surface area (Å²) in [7, 11) is 0. The van der Waals surface area contributed by atoms with Crippen molar-refractivity contribution in [1.29, 1.82) is 0 Å². The van der Waals surface area contributed by atoms with Gasteiger partial charge in [0, 0.05) is 6.54 Å². The van der Waals surface area contributed by atoms with Gasteiger partial charge in [0.1, 0.15) is 11.4 Å². The largest absolute Gasteiger partial charge is 0.383 e. The fourth-order valence-electron chi connectivity index (χ4n) is 1.08. The predicted molar refractivity (Wildman–Crippen MR) is 64.0 cm³/mol. The Morgan fingerprint density at radius 1 is 1.62 bits per heavy atom. The normalized spacial score (nSPS) is 11.8. The van der Waals surface area contributed by atoms with Gasteiger partial charge in [-0.1, -0.05) is 27.7 Å². The number of nitrogens with two attached hydrogens (primary N) is 1. The fraction of sp³-hybridized carbons (Fsp3) is 0.636. The number of aromatic nitrogens is 2. The first-order valence-electron chi connectivity index (χ1n) is 5.41. The van der Waals surface area contributed by atoms with Crippen LogP contribution in [-0.4, -0.2) is 22.6 Å². The molecule has 1 heterocycles. The van der Waals surface area contributed by atoms with E-state index in [1.54, 1.807) is 0 Å². The number of aromatic amines is 1. The van der Waals surface area contributed by atoms with E-state index in [2.05, 4.69) is 43.2 Å². The quantitative estimate of drug-likeness (QED) is 0.723. The van der Waals surface area contributed by atoms with Crippen molar-refractivity contribution in [2.24, 2.45) is 11.3 Å². The molecule has 0 aliphatic carbocycles. The Balaban J connectivity index is 2.58. The van der Waals surface area contributed by atoms with Gasteiger partial charge >= 0.3 is 0 Å². The zero-order chi connectivity index (χ0) is 12.3. The maximum atomic E-state index is 11.7. The van der Waals surface area contributed by atoms with E-state index in [-0.39, 0.29) is 11.3 Å². The lowest BCUT2D eigenvalue weighted by atomic mass is 9.81. The predicted octanol–water partition coefficient (Wildman–Crippen LogP) is 1.40. The Morgan fingerprint density at radius 3 is 2.69 bits per heavy atom. The summed E-state index contributed by atoms with van der Waals surface area (Å²) < 4.78 is 0. The van der Waals surface area contributed by atoms with Gasteiger partial charge in [-0.3, -0.25) is 9.89 Å². The van der Waals surface area contributed by atoms with Crippen LogP contribution in [0.15, 0.2) is 6.20 Å². The lowest BCUT2D eigenvalue weighted by Crippen LogP contribution is -2.37. The molecule has 0 radical (unpaired) electrons. The SMILES string of the molecule is CC(C)C(C)(C)CNC(=O)c1cn[nH]c1N. The van der Waals surface area contributed by atoms with Crippen LogP contribution in [0.5, 0.6) is 0 Å². The van der Waals surface area contributed by atoms with Crippen LogP contribution in [0.3, 0.4) is 0 Å². The smallest absolute Gasteiger partial charge is 0.256 e. The minimum Gasteiger partial charge on any atom is -0.383 e. The third kappa shape index (κ3) is 2.74. The van der Waals surface area contributed by atoms with Gasteiger partial charge in [0.2, 0.25) is 0 Å². The highest BCUT2D eigenvalue weighted by Crippen LogP contribution is 2.24. The zero-order valence-electron chi connectivity index (χ0n) is 10.3. The number of nitrogens with zero attached hydrogens (tertiary/aromatic N) is 1. The number of nitrogens with one attached hydrogen (secondary N) is 2. The van der Waals surface area contributed by atoms with E-state index in [9.17, 15) is 4.79 Å². The number of rotatable bonds is 4. The summed E-state index contributed by atoms with van der Waals surface area (Å²) in [6, 6.07) is 0. The van der Waals surface area contributed by atoms with E-state index in [0.717, 1.165) is 0 Å². The number of H-pyrrole nitrogens is 1. The van der Waals surface area contributed by atoms with E-state index in [4.69, 9.17) is 5.73 Å². The minimum atomic E-state index is -0.181. The van der Waals surface area contributed by atoms with E-state index < -0.39 is 0 Å². The van der Waals surface area contributed by atoms with Crippen LogP contribution in [-0.2, 0) is 0 Å². The number of hydrogen-bond acceptors (Lipinski definition) is 3. The first-order valence-corrected chi connectivity index (χ1v) is 5.41. The Hall–Kier alpha value is -1.52. The monoisotopic (exact) mass is 224 g/mol. The summed E-state index contributed by atoms with van der Waals surface area (Å²) in [4.78, 5) is 11.7. The highest BCUT2D eigenvalue weighted by Gasteiger charge is 2.23. The van der Waals surface area contributed by atoms with Crippen molar-refractivity contribution in [2.45, 2.75) is 27.7 Å². The van der Waals surface area contributed by atoms with Crippen molar-refractivity contribution in [3.63, 3.8) is 0 Å². The molecule has 0 saturated carbocycles. The molecule has 4 N–H and O–H groups in total. The average Bonchev–Trinajstić information content (AvgIpc) is 2.61. The molecular formula is C11H20N4O. The second-order valence-corrected chi connectivity index (χ2v) is 5.02. The van der Waals surface area contributed by atoms with Crippen LogP contribution >= 0.6 is 0 Å². The van der Waals surface area contributed by atoms with Crippen LogP contribution < -0.4 is 11.1 Å². The van der Waals surface area contributed by atoms with Gasteiger partial charge in [-0.25, -0.2) is 0 Å². The van der Waals surface area contributed by atoms with Crippen molar-refractivity contribution >= 4 is 11.7 Å². The number of carbonyl (C=O) groups excluding carboxylic acids is 1. The first-order chi connectivity index (χ1) is 7.34. The van der Waals surface area contributed by atoms with Crippen LogP contribution in [0.2, 0.25) is 0 Å². The number of carbonyl (C=O) groups is 1. The number of nitrogen functional groups attached to an aromatic ring is 1. The summed E-state index contributed by atoms with van der Waals surface area (Å²) in [5, 5.41) is 9.12. The maximum Gasteiger partial charge on any atom is 0.256 e. The highest BCUT2D eigenvalue weighted by molar-refractivity contribution is 5.98. The maximum absolute atomic E-state index is 11.7. The Morgan fingerprint density at radius 2 is 2.25 bits per heavy atom. The Kier molecular flexibility index (Phi) is 3.57. The lowest BCUT2D eigenvalue weighted by molar-refractivity contribution is 0.0926. The molecule has 16 heavy (non-hydrogen) atoms. The van der Waals surface area contributed by atoms with Gasteiger partial charge in [-0.2, -0.15) is 5.10 Å². The highest BCUT2D eigenvalue weighted by atomic mass is 16.1. The van der Waals surface area contributed by atoms with Crippen LogP contribution in [0.4, 0.5) is 5.82 Å². The number of anilines is 1. The van der Waals surface area contributed by atoms with Gasteiger partial charge in [-0.05, 0) is 11.3 Å². The van der Waals surface area contributed by atoms with Crippen molar-refractivity contribution in [3.05, 3.63) is 11.8 Å². The first kappa shape index (κ1) is 12.5. The molecule has 0 aliphatic rings. The molecule has 5 nitrogen and oxygen atoms in total. The topological polar surface area (TPSA) is 83.8 Å². The molecule has 0 aliphatic heterocycles. The molecule has 5 heteroatoms. The van der Waals surface area contributed by atoms with Crippen molar-refractivity contribution in [3.8, 4) is 0 Å². The molecule has 90 valence electrons. The average molecular weight is 224 g/mol. The van der Waals surface area contributed by atoms with Gasteiger partial charge in [0.05, 0.1) is 6.20 Å². The molecule has 0 saturated heterocycles. The second kappa shape index (κ2) is 4.55. The van der Waals surface area contributed by atoms with E-state index in [1.807, 2.05) is 0 Å². The summed E-state index contributed by atoms with van der Waals surface area (Å²) in [6.07, 6.45) is 1.44. The third-order valence-corrected chi connectivity index (χ3v) is 3.18. The molecular weight excluding hydrogens is 204 g/mol. The van der Waals surface area contributed by atoms with Crippen LogP contribution in [0.1, 0.15) is 38.1 Å².